The number of hydrogen-bond donors (Lipinski definition) is 0. The van der Waals surface area contributed by atoms with E-state index in [0.29, 0.717) is 37.2 Å². The highest BCUT2D eigenvalue weighted by molar-refractivity contribution is 5.77. The van der Waals surface area contributed by atoms with Crippen LogP contribution < -0.4 is 4.74 Å². The van der Waals surface area contributed by atoms with E-state index in [1.54, 1.807) is 6.92 Å². The molecule has 0 saturated heterocycles. The van der Waals surface area contributed by atoms with Gasteiger partial charge in [-0.1, -0.05) is 53.7 Å². The number of rotatable bonds is 12. The number of Topliss-reactive ketones (excluding diaryl/α,β-unsaturated/α-hetero) is 1. The quantitative estimate of drug-likeness (QED) is 0.289. The molecule has 1 heterocycles. The van der Waals surface area contributed by atoms with Crippen LogP contribution in [0.4, 0.5) is 0 Å². The second-order valence-electron chi connectivity index (χ2n) is 9.75. The van der Waals surface area contributed by atoms with E-state index in [2.05, 4.69) is 28.9 Å². The number of ether oxygens (including phenoxy) is 2. The third-order valence-corrected chi connectivity index (χ3v) is 5.86. The van der Waals surface area contributed by atoms with Gasteiger partial charge in [0.05, 0.1) is 19.7 Å². The molecular weight excluding hydrogens is 454 g/mol. The standard InChI is InChI=1S/C29H37N3O4/c1-9-34-23(6)29(7,8)35-27-20(3)14-24(15-21(27)4)17-32(16-22(5)33)18-26-30-28(31-36-26)25-12-10-19(2)11-13-25/h10-15H,6,9,16-18H2,1-5,7-8H3. The average molecular weight is 492 g/mol. The Bertz CT molecular complexity index is 1190. The molecule has 0 aliphatic heterocycles. The molecule has 1 aromatic heterocycles. The fourth-order valence-electron chi connectivity index (χ4n) is 4.02. The van der Waals surface area contributed by atoms with Crippen molar-refractivity contribution in [2.75, 3.05) is 13.2 Å². The van der Waals surface area contributed by atoms with Crippen LogP contribution in [0.25, 0.3) is 11.4 Å². The topological polar surface area (TPSA) is 77.7 Å². The largest absolute Gasteiger partial charge is 0.495 e. The number of aryl methyl sites for hydroxylation is 3. The molecule has 2 aromatic carbocycles. The molecular formula is C29H37N3O4. The number of carbonyl (C=O) groups excluding carboxylic acids is 1. The minimum Gasteiger partial charge on any atom is -0.495 e. The molecule has 0 unspecified atom stereocenters. The molecule has 36 heavy (non-hydrogen) atoms. The van der Waals surface area contributed by atoms with Gasteiger partial charge in [-0.2, -0.15) is 4.98 Å². The number of hydrogen-bond acceptors (Lipinski definition) is 7. The van der Waals surface area contributed by atoms with Crippen LogP contribution in [0.15, 0.2) is 53.3 Å². The molecule has 3 rings (SSSR count). The summed E-state index contributed by atoms with van der Waals surface area (Å²) in [5, 5.41) is 4.12. The summed E-state index contributed by atoms with van der Waals surface area (Å²) in [6, 6.07) is 12.1. The van der Waals surface area contributed by atoms with Crippen molar-refractivity contribution in [1.82, 2.24) is 15.0 Å². The first-order valence-electron chi connectivity index (χ1n) is 12.2. The molecule has 7 heteroatoms. The SMILES string of the molecule is C=C(OCC)C(C)(C)Oc1c(C)cc(CN(CC(C)=O)Cc2nc(-c3ccc(C)cc3)no2)cc1C. The third kappa shape index (κ3) is 7.04. The van der Waals surface area contributed by atoms with E-state index in [1.807, 2.05) is 70.7 Å². The molecule has 7 nitrogen and oxygen atoms in total. The molecule has 0 spiro atoms. The predicted molar refractivity (Wildman–Crippen MR) is 141 cm³/mol. The summed E-state index contributed by atoms with van der Waals surface area (Å²) in [6.07, 6.45) is 0. The van der Waals surface area contributed by atoms with E-state index in [-0.39, 0.29) is 12.3 Å². The van der Waals surface area contributed by atoms with Crippen LogP contribution in [-0.4, -0.2) is 39.6 Å². The average Bonchev–Trinajstić information content (AvgIpc) is 3.25. The van der Waals surface area contributed by atoms with Crippen LogP contribution in [-0.2, 0) is 22.6 Å². The maximum absolute atomic E-state index is 12.0. The Morgan fingerprint density at radius 3 is 2.31 bits per heavy atom. The van der Waals surface area contributed by atoms with Crippen molar-refractivity contribution in [3.63, 3.8) is 0 Å². The zero-order chi connectivity index (χ0) is 26.5. The highest BCUT2D eigenvalue weighted by Crippen LogP contribution is 2.32. The van der Waals surface area contributed by atoms with E-state index in [1.165, 1.54) is 5.56 Å². The zero-order valence-corrected chi connectivity index (χ0v) is 22.5. The molecule has 0 radical (unpaired) electrons. The van der Waals surface area contributed by atoms with Crippen molar-refractivity contribution in [2.45, 2.75) is 67.2 Å². The van der Waals surface area contributed by atoms with Gasteiger partial charge in [0.1, 0.15) is 17.3 Å². The zero-order valence-electron chi connectivity index (χ0n) is 22.5. The lowest BCUT2D eigenvalue weighted by Crippen LogP contribution is -2.32. The summed E-state index contributed by atoms with van der Waals surface area (Å²) in [7, 11) is 0. The van der Waals surface area contributed by atoms with Gasteiger partial charge in [-0.25, -0.2) is 0 Å². The smallest absolute Gasteiger partial charge is 0.241 e. The molecule has 0 saturated carbocycles. The predicted octanol–water partition coefficient (Wildman–Crippen LogP) is 5.96. The van der Waals surface area contributed by atoms with Crippen LogP contribution in [0.1, 0.15) is 55.8 Å². The van der Waals surface area contributed by atoms with Crippen molar-refractivity contribution in [3.8, 4) is 17.1 Å². The van der Waals surface area contributed by atoms with E-state index in [9.17, 15) is 4.79 Å². The van der Waals surface area contributed by atoms with Gasteiger partial charge < -0.3 is 14.0 Å². The van der Waals surface area contributed by atoms with Crippen molar-refractivity contribution in [1.29, 1.82) is 0 Å². The molecule has 192 valence electrons. The van der Waals surface area contributed by atoms with E-state index in [4.69, 9.17) is 14.0 Å². The van der Waals surface area contributed by atoms with E-state index < -0.39 is 5.60 Å². The number of carbonyl (C=O) groups is 1. The van der Waals surface area contributed by atoms with Crippen LogP contribution in [0, 0.1) is 20.8 Å². The Kier molecular flexibility index (Phi) is 8.69. The molecule has 0 amide bonds. The minimum absolute atomic E-state index is 0.0675. The molecule has 0 fully saturated rings. The fourth-order valence-corrected chi connectivity index (χ4v) is 4.02. The van der Waals surface area contributed by atoms with Crippen molar-refractivity contribution >= 4 is 5.78 Å². The van der Waals surface area contributed by atoms with E-state index >= 15 is 0 Å². The normalized spacial score (nSPS) is 11.6. The van der Waals surface area contributed by atoms with Crippen molar-refractivity contribution < 1.29 is 18.8 Å². The van der Waals surface area contributed by atoms with Gasteiger partial charge >= 0.3 is 0 Å². The maximum atomic E-state index is 12.0. The molecule has 3 aromatic rings. The van der Waals surface area contributed by atoms with E-state index in [0.717, 1.165) is 28.0 Å². The Labute approximate surface area is 214 Å². The molecule has 0 aliphatic carbocycles. The number of aromatic nitrogens is 2. The van der Waals surface area contributed by atoms with Crippen LogP contribution in [0.2, 0.25) is 0 Å². The van der Waals surface area contributed by atoms with Crippen molar-refractivity contribution in [2.24, 2.45) is 0 Å². The molecule has 0 aliphatic rings. The first-order valence-corrected chi connectivity index (χ1v) is 12.2. The highest BCUT2D eigenvalue weighted by Gasteiger charge is 2.27. The molecule has 0 atom stereocenters. The lowest BCUT2D eigenvalue weighted by molar-refractivity contribution is -0.118. The summed E-state index contributed by atoms with van der Waals surface area (Å²) >= 11 is 0. The number of ketones is 1. The Balaban J connectivity index is 1.77. The summed E-state index contributed by atoms with van der Waals surface area (Å²) in [6.45, 7) is 19.2. The second kappa shape index (κ2) is 11.5. The molecule has 0 bridgehead atoms. The summed E-state index contributed by atoms with van der Waals surface area (Å²) in [5.41, 5.74) is 4.47. The van der Waals surface area contributed by atoms with Crippen LogP contribution >= 0.6 is 0 Å². The van der Waals surface area contributed by atoms with Gasteiger partial charge in [0.2, 0.25) is 11.7 Å². The lowest BCUT2D eigenvalue weighted by atomic mass is 10.0. The Morgan fingerprint density at radius 2 is 1.72 bits per heavy atom. The number of benzene rings is 2. The van der Waals surface area contributed by atoms with Crippen LogP contribution in [0.3, 0.4) is 0 Å². The Morgan fingerprint density at radius 1 is 1.08 bits per heavy atom. The summed E-state index contributed by atoms with van der Waals surface area (Å²) < 4.78 is 17.4. The Hall–Kier alpha value is -3.45. The van der Waals surface area contributed by atoms with Gasteiger partial charge in [0.25, 0.3) is 0 Å². The summed E-state index contributed by atoms with van der Waals surface area (Å²) in [5.74, 6) is 2.47. The van der Waals surface area contributed by atoms with Gasteiger partial charge in [0.15, 0.2) is 5.60 Å². The highest BCUT2D eigenvalue weighted by atomic mass is 16.5. The maximum Gasteiger partial charge on any atom is 0.241 e. The fraction of sp³-hybridized carbons (Fsp3) is 0.414. The van der Waals surface area contributed by atoms with Crippen molar-refractivity contribution in [3.05, 3.63) is 76.9 Å². The molecule has 0 N–H and O–H groups in total. The van der Waals surface area contributed by atoms with Gasteiger partial charge in [-0.05, 0) is 65.2 Å². The third-order valence-electron chi connectivity index (χ3n) is 5.86. The van der Waals surface area contributed by atoms with Gasteiger partial charge in [0, 0.05) is 12.1 Å². The first kappa shape index (κ1) is 27.1. The second-order valence-corrected chi connectivity index (χ2v) is 9.75. The lowest BCUT2D eigenvalue weighted by Gasteiger charge is -2.30. The van der Waals surface area contributed by atoms with Gasteiger partial charge in [-0.3, -0.25) is 9.69 Å². The van der Waals surface area contributed by atoms with Crippen LogP contribution in [0.5, 0.6) is 5.75 Å². The first-order chi connectivity index (χ1) is 17.0. The monoisotopic (exact) mass is 491 g/mol. The minimum atomic E-state index is -0.666. The number of nitrogens with zero attached hydrogens (tertiary/aromatic N) is 3. The van der Waals surface area contributed by atoms with Gasteiger partial charge in [-0.15, -0.1) is 0 Å². The summed E-state index contributed by atoms with van der Waals surface area (Å²) in [4.78, 5) is 18.6.